The number of aryl methyl sites for hydroxylation is 1. The van der Waals surface area contributed by atoms with Crippen LogP contribution in [0, 0.1) is 6.92 Å². The largest absolute Gasteiger partial charge is 0.482 e. The number of anilines is 1. The number of amides is 1. The summed E-state index contributed by atoms with van der Waals surface area (Å²) in [6.45, 7) is 2.45. The van der Waals surface area contributed by atoms with Crippen molar-refractivity contribution in [1.29, 1.82) is 0 Å². The van der Waals surface area contributed by atoms with Crippen LogP contribution in [0.2, 0.25) is 5.02 Å². The van der Waals surface area contributed by atoms with E-state index >= 15 is 0 Å². The van der Waals surface area contributed by atoms with E-state index in [1.807, 2.05) is 43.3 Å². The molecule has 4 rings (SSSR count). The molecule has 0 fully saturated rings. The molecule has 0 aliphatic carbocycles. The zero-order valence-electron chi connectivity index (χ0n) is 17.5. The van der Waals surface area contributed by atoms with Gasteiger partial charge in [0.2, 0.25) is 10.0 Å². The van der Waals surface area contributed by atoms with E-state index in [9.17, 15) is 13.2 Å². The fourth-order valence-electron chi connectivity index (χ4n) is 3.56. The summed E-state index contributed by atoms with van der Waals surface area (Å²) in [6, 6.07) is 19.5. The first-order valence-corrected chi connectivity index (χ1v) is 12.0. The molecule has 0 bridgehead atoms. The van der Waals surface area contributed by atoms with Crippen molar-refractivity contribution < 1.29 is 17.9 Å². The Bertz CT molecular complexity index is 1240. The third kappa shape index (κ3) is 4.96. The van der Waals surface area contributed by atoms with Crippen LogP contribution in [-0.2, 0) is 27.8 Å². The number of rotatable bonds is 6. The van der Waals surface area contributed by atoms with Crippen molar-refractivity contribution in [1.82, 2.24) is 4.31 Å². The second-order valence-electron chi connectivity index (χ2n) is 7.65. The number of hydrogen-bond donors (Lipinski definition) is 1. The normalized spacial score (nSPS) is 13.9. The number of carbonyl (C=O) groups is 1. The smallest absolute Gasteiger partial charge is 0.262 e. The molecule has 1 aliphatic rings. The van der Waals surface area contributed by atoms with Crippen molar-refractivity contribution in [2.24, 2.45) is 0 Å². The van der Waals surface area contributed by atoms with Crippen molar-refractivity contribution in [3.63, 3.8) is 0 Å². The number of carbonyl (C=O) groups excluding carboxylic acids is 1. The average Bonchev–Trinajstić information content (AvgIpc) is 2.79. The first-order chi connectivity index (χ1) is 15.3. The Morgan fingerprint density at radius 1 is 1.06 bits per heavy atom. The monoisotopic (exact) mass is 470 g/mol. The molecule has 1 heterocycles. The van der Waals surface area contributed by atoms with E-state index in [0.29, 0.717) is 25.2 Å². The minimum absolute atomic E-state index is 0.0957. The number of nitrogens with one attached hydrogen (secondary N) is 1. The molecule has 1 amide bonds. The number of ether oxygens (including phenoxy) is 1. The maximum Gasteiger partial charge on any atom is 0.262 e. The lowest BCUT2D eigenvalue weighted by Gasteiger charge is -2.28. The number of fused-ring (bicyclic) bond motifs is 1. The average molecular weight is 471 g/mol. The van der Waals surface area contributed by atoms with Gasteiger partial charge >= 0.3 is 0 Å². The van der Waals surface area contributed by atoms with Gasteiger partial charge in [0, 0.05) is 18.8 Å². The molecule has 0 atom stereocenters. The van der Waals surface area contributed by atoms with Gasteiger partial charge in [-0.25, -0.2) is 8.42 Å². The Kier molecular flexibility index (Phi) is 6.50. The summed E-state index contributed by atoms with van der Waals surface area (Å²) in [6.07, 6.45) is 0.667. The van der Waals surface area contributed by atoms with Gasteiger partial charge in [0.25, 0.3) is 5.91 Å². The van der Waals surface area contributed by atoms with E-state index in [1.165, 1.54) is 28.1 Å². The Hall–Kier alpha value is -2.87. The molecule has 0 saturated carbocycles. The number of benzene rings is 3. The minimum Gasteiger partial charge on any atom is -0.482 e. The van der Waals surface area contributed by atoms with Gasteiger partial charge < -0.3 is 10.1 Å². The van der Waals surface area contributed by atoms with Gasteiger partial charge in [-0.3, -0.25) is 4.79 Å². The minimum atomic E-state index is -3.71. The standard InChI is InChI=1S/C24H23ClN2O4S/c1-17-6-8-20(9-7-17)26-24(28)16-31-23-11-10-21(14-22(23)25)32(29,30)27-13-12-18-4-2-3-5-19(18)15-27/h2-11,14H,12-13,15-16H2,1H3,(H,26,28). The van der Waals surface area contributed by atoms with Crippen molar-refractivity contribution in [3.05, 3.63) is 88.4 Å². The fraction of sp³-hybridized carbons (Fsp3) is 0.208. The zero-order valence-corrected chi connectivity index (χ0v) is 19.1. The highest BCUT2D eigenvalue weighted by molar-refractivity contribution is 7.89. The maximum atomic E-state index is 13.1. The van der Waals surface area contributed by atoms with E-state index in [-0.39, 0.29) is 28.2 Å². The summed E-state index contributed by atoms with van der Waals surface area (Å²) < 4.78 is 33.2. The van der Waals surface area contributed by atoms with E-state index < -0.39 is 10.0 Å². The van der Waals surface area contributed by atoms with Gasteiger partial charge in [0.1, 0.15) is 5.75 Å². The lowest BCUT2D eigenvalue weighted by atomic mass is 10.0. The first-order valence-electron chi connectivity index (χ1n) is 10.2. The quantitative estimate of drug-likeness (QED) is 0.579. The molecule has 6 nitrogen and oxygen atoms in total. The molecular weight excluding hydrogens is 448 g/mol. The van der Waals surface area contributed by atoms with Crippen molar-refractivity contribution in [2.75, 3.05) is 18.5 Å². The van der Waals surface area contributed by atoms with Crippen LogP contribution in [0.3, 0.4) is 0 Å². The summed E-state index contributed by atoms with van der Waals surface area (Å²) in [4.78, 5) is 12.2. The van der Waals surface area contributed by atoms with Gasteiger partial charge in [-0.1, -0.05) is 53.6 Å². The predicted molar refractivity (Wildman–Crippen MR) is 124 cm³/mol. The molecule has 166 valence electrons. The number of hydrogen-bond acceptors (Lipinski definition) is 4. The van der Waals surface area contributed by atoms with Gasteiger partial charge in [-0.2, -0.15) is 4.31 Å². The molecule has 0 unspecified atom stereocenters. The molecule has 1 aliphatic heterocycles. The molecular formula is C24H23ClN2O4S. The van der Waals surface area contributed by atoms with E-state index in [0.717, 1.165) is 11.1 Å². The first kappa shape index (κ1) is 22.3. The molecule has 0 radical (unpaired) electrons. The summed E-state index contributed by atoms with van der Waals surface area (Å²) in [5, 5.41) is 2.87. The third-order valence-corrected chi connectivity index (χ3v) is 7.47. The molecule has 1 N–H and O–H groups in total. The van der Waals surface area contributed by atoms with Gasteiger partial charge in [0.15, 0.2) is 6.61 Å². The van der Waals surface area contributed by atoms with E-state index in [1.54, 1.807) is 12.1 Å². The molecule has 0 aromatic heterocycles. The van der Waals surface area contributed by atoms with Crippen LogP contribution in [-0.4, -0.2) is 31.8 Å². The van der Waals surface area contributed by atoms with Crippen molar-refractivity contribution >= 4 is 33.2 Å². The molecule has 8 heteroatoms. The van der Waals surface area contributed by atoms with Gasteiger partial charge in [0.05, 0.1) is 9.92 Å². The van der Waals surface area contributed by atoms with Crippen LogP contribution < -0.4 is 10.1 Å². The summed E-state index contributed by atoms with van der Waals surface area (Å²) in [7, 11) is -3.71. The molecule has 3 aromatic rings. The summed E-state index contributed by atoms with van der Waals surface area (Å²) >= 11 is 6.28. The number of nitrogens with zero attached hydrogens (tertiary/aromatic N) is 1. The van der Waals surface area contributed by atoms with Crippen LogP contribution in [0.4, 0.5) is 5.69 Å². The maximum absolute atomic E-state index is 13.1. The van der Waals surface area contributed by atoms with Gasteiger partial charge in [-0.15, -0.1) is 0 Å². The SMILES string of the molecule is Cc1ccc(NC(=O)COc2ccc(S(=O)(=O)N3CCc4ccccc4C3)cc2Cl)cc1. The molecule has 0 saturated heterocycles. The highest BCUT2D eigenvalue weighted by atomic mass is 35.5. The van der Waals surface area contributed by atoms with E-state index in [4.69, 9.17) is 16.3 Å². The fourth-order valence-corrected chi connectivity index (χ4v) is 5.31. The van der Waals surface area contributed by atoms with Crippen molar-refractivity contribution in [3.8, 4) is 5.75 Å². The predicted octanol–water partition coefficient (Wildman–Crippen LogP) is 4.41. The highest BCUT2D eigenvalue weighted by Crippen LogP contribution is 2.31. The molecule has 3 aromatic carbocycles. The summed E-state index contributed by atoms with van der Waals surface area (Å²) in [5.74, 6) is -0.0951. The second-order valence-corrected chi connectivity index (χ2v) is 10.00. The van der Waals surface area contributed by atoms with E-state index in [2.05, 4.69) is 5.32 Å². The van der Waals surface area contributed by atoms with Crippen LogP contribution in [0.15, 0.2) is 71.6 Å². The Balaban J connectivity index is 1.41. The lowest BCUT2D eigenvalue weighted by molar-refractivity contribution is -0.118. The highest BCUT2D eigenvalue weighted by Gasteiger charge is 2.28. The summed E-state index contributed by atoms with van der Waals surface area (Å²) in [5.41, 5.74) is 3.94. The van der Waals surface area contributed by atoms with Crippen LogP contribution in [0.5, 0.6) is 5.75 Å². The Morgan fingerprint density at radius 3 is 2.50 bits per heavy atom. The van der Waals surface area contributed by atoms with Crippen LogP contribution >= 0.6 is 11.6 Å². The second kappa shape index (κ2) is 9.32. The third-order valence-electron chi connectivity index (χ3n) is 5.33. The van der Waals surface area contributed by atoms with Crippen LogP contribution in [0.25, 0.3) is 0 Å². The van der Waals surface area contributed by atoms with Crippen molar-refractivity contribution in [2.45, 2.75) is 24.8 Å². The molecule has 0 spiro atoms. The number of sulfonamides is 1. The molecule has 32 heavy (non-hydrogen) atoms. The lowest BCUT2D eigenvalue weighted by Crippen LogP contribution is -2.35. The Labute approximate surface area is 192 Å². The zero-order chi connectivity index (χ0) is 22.7. The topological polar surface area (TPSA) is 75.7 Å². The van der Waals surface area contributed by atoms with Crippen LogP contribution in [0.1, 0.15) is 16.7 Å². The Morgan fingerprint density at radius 2 is 1.78 bits per heavy atom. The van der Waals surface area contributed by atoms with Gasteiger partial charge in [-0.05, 0) is 54.8 Å². The number of halogens is 1.